The fourth-order valence-corrected chi connectivity index (χ4v) is 3.02. The molecule has 0 spiro atoms. The van der Waals surface area contributed by atoms with E-state index in [4.69, 9.17) is 14.6 Å². The molecule has 0 atom stereocenters. The molecule has 0 aliphatic carbocycles. The van der Waals surface area contributed by atoms with Gasteiger partial charge >= 0.3 is 7.12 Å². The third-order valence-electron chi connectivity index (χ3n) is 5.04. The van der Waals surface area contributed by atoms with Gasteiger partial charge in [-0.25, -0.2) is 0 Å². The van der Waals surface area contributed by atoms with Crippen LogP contribution in [0.5, 0.6) is 0 Å². The number of fused-ring (bicyclic) bond motifs is 1. The SMILES string of the molecule is CC1(C)OB(c2cccc3cccc(CCC#N)c23)OC1(C)C. The maximum atomic E-state index is 8.92. The fourth-order valence-electron chi connectivity index (χ4n) is 3.02. The van der Waals surface area contributed by atoms with Crippen molar-refractivity contribution in [3.63, 3.8) is 0 Å². The Morgan fingerprint density at radius 2 is 1.61 bits per heavy atom. The predicted octanol–water partition coefficient (Wildman–Crippen LogP) is 3.60. The Morgan fingerprint density at radius 1 is 1.00 bits per heavy atom. The molecule has 2 aromatic rings. The molecule has 1 aliphatic rings. The summed E-state index contributed by atoms with van der Waals surface area (Å²) in [6.45, 7) is 8.26. The standard InChI is InChI=1S/C19H22BNO2/c1-18(2)19(3,4)23-20(22-18)16-12-6-10-14-8-5-9-15(17(14)16)11-7-13-21/h5-6,8-10,12H,7,11H2,1-4H3. The average molecular weight is 307 g/mol. The summed E-state index contributed by atoms with van der Waals surface area (Å²) in [6.07, 6.45) is 1.25. The maximum absolute atomic E-state index is 8.92. The Balaban J connectivity index is 2.10. The second-order valence-electron chi connectivity index (χ2n) is 7.11. The lowest BCUT2D eigenvalue weighted by Crippen LogP contribution is -2.41. The van der Waals surface area contributed by atoms with Gasteiger partial charge in [0.25, 0.3) is 0 Å². The largest absolute Gasteiger partial charge is 0.495 e. The monoisotopic (exact) mass is 307 g/mol. The molecule has 3 rings (SSSR count). The summed E-state index contributed by atoms with van der Waals surface area (Å²) in [4.78, 5) is 0. The molecule has 1 heterocycles. The Morgan fingerprint density at radius 3 is 2.22 bits per heavy atom. The van der Waals surface area contributed by atoms with Crippen molar-refractivity contribution in [2.75, 3.05) is 0 Å². The van der Waals surface area contributed by atoms with Crippen LogP contribution in [0.3, 0.4) is 0 Å². The van der Waals surface area contributed by atoms with Gasteiger partial charge in [-0.15, -0.1) is 0 Å². The van der Waals surface area contributed by atoms with Crippen LogP contribution in [0.15, 0.2) is 36.4 Å². The van der Waals surface area contributed by atoms with E-state index in [1.807, 2.05) is 12.1 Å². The third kappa shape index (κ3) is 2.76. The van der Waals surface area contributed by atoms with Crippen molar-refractivity contribution < 1.29 is 9.31 Å². The van der Waals surface area contributed by atoms with Crippen LogP contribution in [0.2, 0.25) is 0 Å². The Kier molecular flexibility index (Phi) is 3.95. The van der Waals surface area contributed by atoms with Gasteiger partial charge in [0.1, 0.15) is 0 Å². The highest BCUT2D eigenvalue weighted by Gasteiger charge is 2.52. The fraction of sp³-hybridized carbons (Fsp3) is 0.421. The molecule has 4 heteroatoms. The van der Waals surface area contributed by atoms with Crippen molar-refractivity contribution in [1.29, 1.82) is 5.26 Å². The van der Waals surface area contributed by atoms with E-state index in [1.165, 1.54) is 5.56 Å². The van der Waals surface area contributed by atoms with Gasteiger partial charge in [-0.2, -0.15) is 5.26 Å². The summed E-state index contributed by atoms with van der Waals surface area (Å²) in [5.74, 6) is 0. The highest BCUT2D eigenvalue weighted by atomic mass is 16.7. The smallest absolute Gasteiger partial charge is 0.399 e. The van der Waals surface area contributed by atoms with Crippen LogP contribution in [0.1, 0.15) is 39.7 Å². The summed E-state index contributed by atoms with van der Waals surface area (Å²) >= 11 is 0. The molecule has 0 aromatic heterocycles. The van der Waals surface area contributed by atoms with Crippen LogP contribution < -0.4 is 5.46 Å². The first kappa shape index (κ1) is 16.0. The third-order valence-corrected chi connectivity index (χ3v) is 5.04. The first-order chi connectivity index (χ1) is 10.9. The molecule has 1 aliphatic heterocycles. The van der Waals surface area contributed by atoms with Crippen LogP contribution in [0.25, 0.3) is 10.8 Å². The zero-order chi connectivity index (χ0) is 16.7. The van der Waals surface area contributed by atoms with E-state index in [2.05, 4.69) is 58.0 Å². The normalized spacial score (nSPS) is 19.0. The van der Waals surface area contributed by atoms with Crippen molar-refractivity contribution in [2.24, 2.45) is 0 Å². The zero-order valence-electron chi connectivity index (χ0n) is 14.2. The second kappa shape index (κ2) is 5.67. The molecule has 23 heavy (non-hydrogen) atoms. The molecule has 2 aromatic carbocycles. The van der Waals surface area contributed by atoms with Gasteiger partial charge in [0.15, 0.2) is 0 Å². The lowest BCUT2D eigenvalue weighted by molar-refractivity contribution is 0.00578. The second-order valence-corrected chi connectivity index (χ2v) is 7.11. The number of hydrogen-bond acceptors (Lipinski definition) is 3. The predicted molar refractivity (Wildman–Crippen MR) is 93.6 cm³/mol. The average Bonchev–Trinajstić information content (AvgIpc) is 2.72. The minimum atomic E-state index is -0.382. The molecule has 0 unspecified atom stereocenters. The van der Waals surface area contributed by atoms with E-state index >= 15 is 0 Å². The number of nitriles is 1. The van der Waals surface area contributed by atoms with Gasteiger partial charge in [-0.1, -0.05) is 36.4 Å². The van der Waals surface area contributed by atoms with Gasteiger partial charge in [-0.05, 0) is 55.9 Å². The van der Waals surface area contributed by atoms with E-state index in [0.717, 1.165) is 22.7 Å². The van der Waals surface area contributed by atoms with Gasteiger partial charge in [0.2, 0.25) is 0 Å². The van der Waals surface area contributed by atoms with Crippen molar-refractivity contribution >= 4 is 23.4 Å². The molecule has 0 N–H and O–H groups in total. The molecule has 0 bridgehead atoms. The van der Waals surface area contributed by atoms with E-state index in [9.17, 15) is 0 Å². The summed E-state index contributed by atoms with van der Waals surface area (Å²) in [7, 11) is -0.382. The molecule has 118 valence electrons. The number of nitrogens with zero attached hydrogens (tertiary/aromatic N) is 1. The Bertz CT molecular complexity index is 755. The zero-order valence-corrected chi connectivity index (χ0v) is 14.2. The summed E-state index contributed by atoms with van der Waals surface area (Å²) in [6, 6.07) is 14.7. The number of aryl methyl sites for hydroxylation is 1. The van der Waals surface area contributed by atoms with E-state index in [-0.39, 0.29) is 18.3 Å². The molecular weight excluding hydrogens is 285 g/mol. The molecular formula is C19H22BNO2. The molecule has 0 radical (unpaired) electrons. The number of rotatable bonds is 3. The summed E-state index contributed by atoms with van der Waals surface area (Å²) < 4.78 is 12.5. The molecule has 1 saturated heterocycles. The van der Waals surface area contributed by atoms with E-state index in [1.54, 1.807) is 0 Å². The maximum Gasteiger partial charge on any atom is 0.495 e. The van der Waals surface area contributed by atoms with Crippen molar-refractivity contribution in [3.8, 4) is 6.07 Å². The van der Waals surface area contributed by atoms with Crippen LogP contribution in [-0.4, -0.2) is 18.3 Å². The lowest BCUT2D eigenvalue weighted by Gasteiger charge is -2.32. The highest BCUT2D eigenvalue weighted by Crippen LogP contribution is 2.37. The molecule has 3 nitrogen and oxygen atoms in total. The minimum absolute atomic E-state index is 0.360. The quantitative estimate of drug-likeness (QED) is 0.814. The van der Waals surface area contributed by atoms with Crippen molar-refractivity contribution in [3.05, 3.63) is 42.0 Å². The van der Waals surface area contributed by atoms with Crippen LogP contribution >= 0.6 is 0 Å². The topological polar surface area (TPSA) is 42.2 Å². The molecule has 0 saturated carbocycles. The molecule has 1 fully saturated rings. The van der Waals surface area contributed by atoms with Crippen LogP contribution in [0.4, 0.5) is 0 Å². The van der Waals surface area contributed by atoms with E-state index < -0.39 is 0 Å². The van der Waals surface area contributed by atoms with Crippen LogP contribution in [-0.2, 0) is 15.7 Å². The van der Waals surface area contributed by atoms with Crippen molar-refractivity contribution in [1.82, 2.24) is 0 Å². The Labute approximate surface area is 138 Å². The lowest BCUT2D eigenvalue weighted by atomic mass is 9.74. The van der Waals surface area contributed by atoms with Gasteiger partial charge < -0.3 is 9.31 Å². The van der Waals surface area contributed by atoms with Gasteiger partial charge in [0, 0.05) is 6.42 Å². The highest BCUT2D eigenvalue weighted by molar-refractivity contribution is 6.65. The van der Waals surface area contributed by atoms with Gasteiger partial charge in [0.05, 0.1) is 17.3 Å². The summed E-state index contributed by atoms with van der Waals surface area (Å²) in [5.41, 5.74) is 1.51. The van der Waals surface area contributed by atoms with E-state index in [0.29, 0.717) is 6.42 Å². The molecule has 0 amide bonds. The van der Waals surface area contributed by atoms with Gasteiger partial charge in [-0.3, -0.25) is 0 Å². The Hall–Kier alpha value is -1.83. The minimum Gasteiger partial charge on any atom is -0.399 e. The first-order valence-electron chi connectivity index (χ1n) is 8.09. The van der Waals surface area contributed by atoms with Crippen molar-refractivity contribution in [2.45, 2.75) is 51.7 Å². The number of benzene rings is 2. The first-order valence-corrected chi connectivity index (χ1v) is 8.09. The van der Waals surface area contributed by atoms with Crippen LogP contribution in [0, 0.1) is 11.3 Å². The number of hydrogen-bond donors (Lipinski definition) is 0. The summed E-state index contributed by atoms with van der Waals surface area (Å²) in [5, 5.41) is 11.2.